The maximum Gasteiger partial charge on any atom is 0.0417 e. The summed E-state index contributed by atoms with van der Waals surface area (Å²) in [4.78, 5) is 4.66. The maximum absolute atomic E-state index is 4.66. The third-order valence-corrected chi connectivity index (χ3v) is 4.02. The second-order valence-corrected chi connectivity index (χ2v) is 5.04. The van der Waals surface area contributed by atoms with Gasteiger partial charge in [0.05, 0.1) is 0 Å². The van der Waals surface area contributed by atoms with Crippen molar-refractivity contribution in [2.75, 3.05) is 0 Å². The lowest BCUT2D eigenvalue weighted by molar-refractivity contribution is 1.04. The molecule has 3 rings (SSSR count). The summed E-state index contributed by atoms with van der Waals surface area (Å²) in [5.41, 5.74) is 10.9. The number of aromatic nitrogens is 1. The fraction of sp³-hybridized carbons (Fsp3) is 0.312. The van der Waals surface area contributed by atoms with E-state index in [0.29, 0.717) is 0 Å². The number of aryl methyl sites for hydroxylation is 3. The number of nitrogens with zero attached hydrogens (tertiary/aromatic N) is 1. The maximum atomic E-state index is 4.66. The van der Waals surface area contributed by atoms with Gasteiger partial charge in [0.15, 0.2) is 0 Å². The molecule has 0 unspecified atom stereocenters. The standard InChI is InChI=1S/C16H17N/c1-9-6-5-7-13-14(9)8-15-12(4)17-11(3)10(2)16(13)15/h5-7H,8H2,1-4H3. The molecule has 1 aliphatic carbocycles. The second kappa shape index (κ2) is 3.43. The van der Waals surface area contributed by atoms with E-state index in [-0.39, 0.29) is 0 Å². The van der Waals surface area contributed by atoms with E-state index in [4.69, 9.17) is 0 Å². The zero-order chi connectivity index (χ0) is 12.2. The second-order valence-electron chi connectivity index (χ2n) is 5.04. The third-order valence-electron chi connectivity index (χ3n) is 4.02. The molecule has 86 valence electrons. The summed E-state index contributed by atoms with van der Waals surface area (Å²) in [5.74, 6) is 0. The Balaban J connectivity index is 2.40. The Bertz CT molecular complexity index is 624. The number of hydrogen-bond acceptors (Lipinski definition) is 1. The molecule has 0 aliphatic heterocycles. The molecule has 0 bridgehead atoms. The van der Waals surface area contributed by atoms with Crippen molar-refractivity contribution in [3.8, 4) is 11.1 Å². The van der Waals surface area contributed by atoms with E-state index in [1.165, 1.54) is 39.1 Å². The molecule has 1 aromatic heterocycles. The van der Waals surface area contributed by atoms with Crippen LogP contribution in [0.1, 0.15) is 33.6 Å². The van der Waals surface area contributed by atoms with Crippen LogP contribution in [0.5, 0.6) is 0 Å². The summed E-state index contributed by atoms with van der Waals surface area (Å²) in [6.45, 7) is 8.64. The van der Waals surface area contributed by atoms with Gasteiger partial charge in [0.25, 0.3) is 0 Å². The predicted molar refractivity (Wildman–Crippen MR) is 71.4 cm³/mol. The van der Waals surface area contributed by atoms with Crippen LogP contribution < -0.4 is 0 Å². The summed E-state index contributed by atoms with van der Waals surface area (Å²) in [6, 6.07) is 6.61. The normalized spacial score (nSPS) is 12.5. The van der Waals surface area contributed by atoms with Gasteiger partial charge in [-0.05, 0) is 61.1 Å². The molecule has 0 spiro atoms. The first-order valence-electron chi connectivity index (χ1n) is 6.15. The van der Waals surface area contributed by atoms with Crippen LogP contribution in [0.25, 0.3) is 11.1 Å². The Labute approximate surface area is 103 Å². The third kappa shape index (κ3) is 1.35. The van der Waals surface area contributed by atoms with Crippen molar-refractivity contribution < 1.29 is 0 Å². The SMILES string of the molecule is Cc1cccc2c1Cc1c(C)nc(C)c(C)c1-2. The molecular weight excluding hydrogens is 206 g/mol. The molecule has 1 aromatic carbocycles. The van der Waals surface area contributed by atoms with Gasteiger partial charge >= 0.3 is 0 Å². The molecule has 0 radical (unpaired) electrons. The van der Waals surface area contributed by atoms with Crippen molar-refractivity contribution in [3.63, 3.8) is 0 Å². The highest BCUT2D eigenvalue weighted by molar-refractivity contribution is 5.81. The first-order chi connectivity index (χ1) is 8.09. The van der Waals surface area contributed by atoms with E-state index in [2.05, 4.69) is 50.9 Å². The number of rotatable bonds is 0. The zero-order valence-electron chi connectivity index (χ0n) is 10.9. The first-order valence-corrected chi connectivity index (χ1v) is 6.15. The minimum atomic E-state index is 1.05. The molecule has 1 heteroatoms. The smallest absolute Gasteiger partial charge is 0.0417 e. The van der Waals surface area contributed by atoms with Crippen molar-refractivity contribution in [3.05, 3.63) is 51.8 Å². The molecule has 1 aliphatic rings. The minimum Gasteiger partial charge on any atom is -0.258 e. The van der Waals surface area contributed by atoms with Crippen LogP contribution >= 0.6 is 0 Å². The highest BCUT2D eigenvalue weighted by Crippen LogP contribution is 2.41. The first kappa shape index (κ1) is 10.5. The molecule has 17 heavy (non-hydrogen) atoms. The molecule has 0 atom stereocenters. The Morgan fingerprint density at radius 3 is 2.47 bits per heavy atom. The monoisotopic (exact) mass is 223 g/mol. The summed E-state index contributed by atoms with van der Waals surface area (Å²) >= 11 is 0. The van der Waals surface area contributed by atoms with E-state index >= 15 is 0 Å². The van der Waals surface area contributed by atoms with Gasteiger partial charge in [-0.1, -0.05) is 18.2 Å². The van der Waals surface area contributed by atoms with Crippen LogP contribution in [-0.2, 0) is 6.42 Å². The molecule has 2 aromatic rings. The minimum absolute atomic E-state index is 1.05. The average molecular weight is 223 g/mol. The average Bonchev–Trinajstić information content (AvgIpc) is 2.68. The predicted octanol–water partition coefficient (Wildman–Crippen LogP) is 3.89. The molecule has 1 heterocycles. The van der Waals surface area contributed by atoms with Crippen molar-refractivity contribution in [1.29, 1.82) is 0 Å². The van der Waals surface area contributed by atoms with Gasteiger partial charge < -0.3 is 0 Å². The van der Waals surface area contributed by atoms with Crippen LogP contribution in [0.4, 0.5) is 0 Å². The largest absolute Gasteiger partial charge is 0.258 e. The van der Waals surface area contributed by atoms with Crippen LogP contribution in [0.3, 0.4) is 0 Å². The molecule has 1 nitrogen and oxygen atoms in total. The van der Waals surface area contributed by atoms with Crippen LogP contribution in [0.15, 0.2) is 18.2 Å². The van der Waals surface area contributed by atoms with E-state index in [0.717, 1.165) is 12.1 Å². The Morgan fingerprint density at radius 1 is 0.941 bits per heavy atom. The fourth-order valence-electron chi connectivity index (χ4n) is 2.92. The number of benzene rings is 1. The van der Waals surface area contributed by atoms with E-state index in [9.17, 15) is 0 Å². The lowest BCUT2D eigenvalue weighted by Gasteiger charge is -2.10. The molecule has 0 saturated heterocycles. The zero-order valence-corrected chi connectivity index (χ0v) is 10.9. The Kier molecular flexibility index (Phi) is 2.12. The van der Waals surface area contributed by atoms with E-state index < -0.39 is 0 Å². The molecule has 0 saturated carbocycles. The van der Waals surface area contributed by atoms with E-state index in [1.807, 2.05) is 0 Å². The topological polar surface area (TPSA) is 12.9 Å². The lowest BCUT2D eigenvalue weighted by atomic mass is 9.98. The number of pyridine rings is 1. The lowest BCUT2D eigenvalue weighted by Crippen LogP contribution is -1.97. The van der Waals surface area contributed by atoms with Gasteiger partial charge in [0.2, 0.25) is 0 Å². The quantitative estimate of drug-likeness (QED) is 0.563. The highest BCUT2D eigenvalue weighted by Gasteiger charge is 2.24. The molecule has 0 N–H and O–H groups in total. The summed E-state index contributed by atoms with van der Waals surface area (Å²) in [7, 11) is 0. The van der Waals surface area contributed by atoms with Gasteiger partial charge in [-0.3, -0.25) is 4.98 Å². The number of hydrogen-bond donors (Lipinski definition) is 0. The van der Waals surface area contributed by atoms with Crippen molar-refractivity contribution in [2.45, 2.75) is 34.1 Å². The van der Waals surface area contributed by atoms with Crippen molar-refractivity contribution in [1.82, 2.24) is 4.98 Å². The van der Waals surface area contributed by atoms with E-state index in [1.54, 1.807) is 0 Å². The Hall–Kier alpha value is -1.63. The van der Waals surface area contributed by atoms with Gasteiger partial charge in [-0.2, -0.15) is 0 Å². The van der Waals surface area contributed by atoms with Gasteiger partial charge in [0, 0.05) is 17.8 Å². The van der Waals surface area contributed by atoms with Crippen molar-refractivity contribution in [2.24, 2.45) is 0 Å². The summed E-state index contributed by atoms with van der Waals surface area (Å²) in [5, 5.41) is 0. The molecule has 0 amide bonds. The Morgan fingerprint density at radius 2 is 1.71 bits per heavy atom. The van der Waals surface area contributed by atoms with Crippen LogP contribution in [0.2, 0.25) is 0 Å². The van der Waals surface area contributed by atoms with Crippen molar-refractivity contribution >= 4 is 0 Å². The van der Waals surface area contributed by atoms with Crippen LogP contribution in [0, 0.1) is 27.7 Å². The molecule has 0 fully saturated rings. The van der Waals surface area contributed by atoms with Crippen LogP contribution in [-0.4, -0.2) is 4.98 Å². The number of fused-ring (bicyclic) bond motifs is 3. The van der Waals surface area contributed by atoms with Gasteiger partial charge in [-0.25, -0.2) is 0 Å². The van der Waals surface area contributed by atoms with Gasteiger partial charge in [0.1, 0.15) is 0 Å². The summed E-state index contributed by atoms with van der Waals surface area (Å²) in [6.07, 6.45) is 1.05. The summed E-state index contributed by atoms with van der Waals surface area (Å²) < 4.78 is 0. The highest BCUT2D eigenvalue weighted by atomic mass is 14.7. The van der Waals surface area contributed by atoms with Gasteiger partial charge in [-0.15, -0.1) is 0 Å². The molecular formula is C16H17N. The fourth-order valence-corrected chi connectivity index (χ4v) is 2.92.